The predicted molar refractivity (Wildman–Crippen MR) is 108 cm³/mol. The van der Waals surface area contributed by atoms with Gasteiger partial charge >= 0.3 is 11.9 Å². The zero-order valence-corrected chi connectivity index (χ0v) is 16.4. The molecule has 0 unspecified atom stereocenters. The van der Waals surface area contributed by atoms with E-state index in [1.807, 2.05) is 30.5 Å². The highest BCUT2D eigenvalue weighted by Crippen LogP contribution is 2.26. The third-order valence-corrected chi connectivity index (χ3v) is 5.42. The maximum Gasteiger partial charge on any atom is 0.316 e. The highest BCUT2D eigenvalue weighted by molar-refractivity contribution is 8.01. The molecule has 0 radical (unpaired) electrons. The van der Waals surface area contributed by atoms with Gasteiger partial charge in [-0.15, -0.1) is 11.8 Å². The van der Waals surface area contributed by atoms with Crippen LogP contribution in [0.3, 0.4) is 0 Å². The van der Waals surface area contributed by atoms with Crippen molar-refractivity contribution in [3.05, 3.63) is 42.2 Å². The van der Waals surface area contributed by atoms with Crippen molar-refractivity contribution in [2.24, 2.45) is 0 Å². The van der Waals surface area contributed by atoms with Gasteiger partial charge in [-0.1, -0.05) is 29.5 Å². The van der Waals surface area contributed by atoms with E-state index < -0.39 is 5.97 Å². The van der Waals surface area contributed by atoms with E-state index in [2.05, 4.69) is 9.97 Å². The summed E-state index contributed by atoms with van der Waals surface area (Å²) in [6.45, 7) is 2.21. The maximum absolute atomic E-state index is 10.9. The first-order valence-electron chi connectivity index (χ1n) is 8.26. The number of hydrogen-bond acceptors (Lipinski definition) is 7. The average molecular weight is 408 g/mol. The molecule has 7 nitrogen and oxygen atoms in total. The number of aryl methyl sites for hydroxylation is 1. The van der Waals surface area contributed by atoms with E-state index in [1.54, 1.807) is 13.1 Å². The summed E-state index contributed by atoms with van der Waals surface area (Å²) in [7, 11) is 0. The van der Waals surface area contributed by atoms with Crippen LogP contribution >= 0.6 is 23.1 Å². The summed E-state index contributed by atoms with van der Waals surface area (Å²) in [5, 5.41) is 10.2. The topological polar surface area (TPSA) is 118 Å². The van der Waals surface area contributed by atoms with Crippen molar-refractivity contribution < 1.29 is 19.4 Å². The van der Waals surface area contributed by atoms with Gasteiger partial charge in [-0.3, -0.25) is 9.59 Å². The van der Waals surface area contributed by atoms with Crippen LogP contribution in [0.25, 0.3) is 10.9 Å². The van der Waals surface area contributed by atoms with Gasteiger partial charge in [0.05, 0.1) is 22.8 Å². The molecule has 0 saturated carbocycles. The van der Waals surface area contributed by atoms with Gasteiger partial charge in [-0.2, -0.15) is 0 Å². The average Bonchev–Trinajstić information content (AvgIpc) is 3.25. The van der Waals surface area contributed by atoms with Gasteiger partial charge < -0.3 is 20.6 Å². The number of benzene rings is 1. The Bertz CT molecular complexity index is 892. The van der Waals surface area contributed by atoms with Gasteiger partial charge in [0, 0.05) is 23.5 Å². The van der Waals surface area contributed by atoms with Crippen molar-refractivity contribution in [3.8, 4) is 0 Å². The Hall–Kier alpha value is -2.52. The van der Waals surface area contributed by atoms with Crippen molar-refractivity contribution in [2.75, 3.05) is 18.1 Å². The molecule has 2 aromatic heterocycles. The standard InChI is InChI=1S/C11H11NO2.C7H10N2O2S2/c13-11(14)6-5-8-7-12-10-4-2-1-3-9(8)10;1-2-11-5(10)4-12-6-3-9-7(8)13-6/h1-4,7,12H,5-6H2,(H,13,14);3H,2,4H2,1H3,(H2,8,9). The third kappa shape index (κ3) is 6.95. The second kappa shape index (κ2) is 10.6. The van der Waals surface area contributed by atoms with Crippen LogP contribution in [0.1, 0.15) is 18.9 Å². The first kappa shape index (κ1) is 20.8. The lowest BCUT2D eigenvalue weighted by Gasteiger charge is -1.98. The summed E-state index contributed by atoms with van der Waals surface area (Å²) < 4.78 is 5.70. The van der Waals surface area contributed by atoms with E-state index in [0.717, 1.165) is 20.7 Å². The van der Waals surface area contributed by atoms with Gasteiger partial charge in [-0.05, 0) is 25.0 Å². The number of nitrogens with one attached hydrogen (secondary N) is 1. The Morgan fingerprint density at radius 1 is 1.37 bits per heavy atom. The fourth-order valence-corrected chi connectivity index (χ4v) is 3.81. The number of carboxylic acid groups (broad SMARTS) is 1. The van der Waals surface area contributed by atoms with Crippen LogP contribution in [0.2, 0.25) is 0 Å². The lowest BCUT2D eigenvalue weighted by molar-refractivity contribution is -0.140. The van der Waals surface area contributed by atoms with E-state index in [-0.39, 0.29) is 12.4 Å². The summed E-state index contributed by atoms with van der Waals surface area (Å²) in [5.74, 6) is -0.648. The van der Waals surface area contributed by atoms with E-state index >= 15 is 0 Å². The summed E-state index contributed by atoms with van der Waals surface area (Å²) in [4.78, 5) is 28.3. The van der Waals surface area contributed by atoms with Crippen molar-refractivity contribution in [2.45, 2.75) is 24.0 Å². The first-order chi connectivity index (χ1) is 13.0. The highest BCUT2D eigenvalue weighted by atomic mass is 32.2. The number of anilines is 1. The van der Waals surface area contributed by atoms with E-state index in [1.165, 1.54) is 23.1 Å². The second-order valence-corrected chi connectivity index (χ2v) is 7.70. The Morgan fingerprint density at radius 3 is 2.81 bits per heavy atom. The van der Waals surface area contributed by atoms with Crippen molar-refractivity contribution in [1.82, 2.24) is 9.97 Å². The second-order valence-electron chi connectivity index (χ2n) is 5.36. The molecule has 4 N–H and O–H groups in total. The number of nitrogens with two attached hydrogens (primary N) is 1. The van der Waals surface area contributed by atoms with Crippen molar-refractivity contribution >= 4 is 51.1 Å². The minimum atomic E-state index is -0.754. The molecule has 0 aliphatic carbocycles. The molecule has 3 aromatic rings. The molecular weight excluding hydrogens is 386 g/mol. The number of carbonyl (C=O) groups excluding carboxylic acids is 1. The number of esters is 1. The molecule has 0 atom stereocenters. The Morgan fingerprint density at radius 2 is 2.15 bits per heavy atom. The number of fused-ring (bicyclic) bond motifs is 1. The predicted octanol–water partition coefficient (Wildman–Crippen LogP) is 3.57. The number of ether oxygens (including phenoxy) is 1. The Labute approximate surface area is 164 Å². The Balaban J connectivity index is 0.000000194. The van der Waals surface area contributed by atoms with Crippen LogP contribution in [0.5, 0.6) is 0 Å². The number of aromatic nitrogens is 2. The lowest BCUT2D eigenvalue weighted by Crippen LogP contribution is -2.05. The number of hydrogen-bond donors (Lipinski definition) is 3. The molecule has 0 spiro atoms. The SMILES string of the molecule is CCOC(=O)CSc1cnc(N)s1.O=C(O)CCc1c[nH]c2ccccc12. The number of nitrogens with zero attached hydrogens (tertiary/aromatic N) is 1. The van der Waals surface area contributed by atoms with Crippen molar-refractivity contribution in [3.63, 3.8) is 0 Å². The molecule has 0 aliphatic rings. The zero-order chi connectivity index (χ0) is 19.6. The molecule has 0 aliphatic heterocycles. The molecule has 0 fully saturated rings. The molecule has 9 heteroatoms. The van der Waals surface area contributed by atoms with E-state index in [4.69, 9.17) is 15.6 Å². The van der Waals surface area contributed by atoms with Crippen LogP contribution in [0.15, 0.2) is 40.9 Å². The van der Waals surface area contributed by atoms with E-state index in [0.29, 0.717) is 23.9 Å². The van der Waals surface area contributed by atoms with Crippen LogP contribution in [0, 0.1) is 0 Å². The smallest absolute Gasteiger partial charge is 0.316 e. The van der Waals surface area contributed by atoms with Crippen molar-refractivity contribution in [1.29, 1.82) is 0 Å². The lowest BCUT2D eigenvalue weighted by atomic mass is 10.1. The number of carbonyl (C=O) groups is 2. The number of rotatable bonds is 7. The highest BCUT2D eigenvalue weighted by Gasteiger charge is 2.05. The number of thioether (sulfide) groups is 1. The molecule has 1 aromatic carbocycles. The molecule has 2 heterocycles. The minimum Gasteiger partial charge on any atom is -0.481 e. The monoisotopic (exact) mass is 407 g/mol. The van der Waals surface area contributed by atoms with Crippen LogP contribution in [-0.4, -0.2) is 39.4 Å². The number of carboxylic acids is 1. The Kier molecular flexibility index (Phi) is 8.15. The summed E-state index contributed by atoms with van der Waals surface area (Å²) >= 11 is 2.76. The normalized spacial score (nSPS) is 10.3. The number of H-pyrrole nitrogens is 1. The molecule has 3 rings (SSSR count). The van der Waals surface area contributed by atoms with Gasteiger partial charge in [0.15, 0.2) is 5.13 Å². The van der Waals surface area contributed by atoms with Crippen LogP contribution in [-0.2, 0) is 20.7 Å². The van der Waals surface area contributed by atoms with Crippen LogP contribution in [0.4, 0.5) is 5.13 Å². The first-order valence-corrected chi connectivity index (χ1v) is 10.1. The quantitative estimate of drug-likeness (QED) is 0.405. The number of thiazole rings is 1. The zero-order valence-electron chi connectivity index (χ0n) is 14.8. The molecule has 0 amide bonds. The largest absolute Gasteiger partial charge is 0.481 e. The van der Waals surface area contributed by atoms with Gasteiger partial charge in [0.1, 0.15) is 0 Å². The number of nitrogen functional groups attached to an aromatic ring is 1. The summed E-state index contributed by atoms with van der Waals surface area (Å²) in [6.07, 6.45) is 4.30. The number of aromatic amines is 1. The van der Waals surface area contributed by atoms with Gasteiger partial charge in [-0.25, -0.2) is 4.98 Å². The van der Waals surface area contributed by atoms with Gasteiger partial charge in [0.25, 0.3) is 0 Å². The molecule has 0 saturated heterocycles. The molecule has 144 valence electrons. The molecular formula is C18H21N3O4S2. The number of para-hydroxylation sites is 1. The number of aliphatic carboxylic acids is 1. The fourth-order valence-electron chi connectivity index (χ4n) is 2.25. The van der Waals surface area contributed by atoms with E-state index in [9.17, 15) is 9.59 Å². The molecule has 0 bridgehead atoms. The van der Waals surface area contributed by atoms with Crippen LogP contribution < -0.4 is 5.73 Å². The summed E-state index contributed by atoms with van der Waals surface area (Å²) in [6, 6.07) is 7.91. The summed E-state index contributed by atoms with van der Waals surface area (Å²) in [5.41, 5.74) is 7.56. The van der Waals surface area contributed by atoms with Gasteiger partial charge in [0.2, 0.25) is 0 Å². The minimum absolute atomic E-state index is 0.182. The maximum atomic E-state index is 10.9. The fraction of sp³-hybridized carbons (Fsp3) is 0.278. The third-order valence-electron chi connectivity index (χ3n) is 3.42. The molecule has 27 heavy (non-hydrogen) atoms.